The van der Waals surface area contributed by atoms with E-state index in [1.807, 2.05) is 11.5 Å². The standard InChI is InChI=1S/C22H27N3O6S/c1-6-11-25-19-10-8-16(32(27,28)24(2)3)13-18(19)23-21(25)14-31-22(26)17-9-7-15(29-4)12-20(17)30-5/h7-10,12-13H,6,11,14H2,1-5H3. The van der Waals surface area contributed by atoms with Crippen LogP contribution in [0.2, 0.25) is 0 Å². The number of benzene rings is 2. The molecule has 0 radical (unpaired) electrons. The molecule has 9 nitrogen and oxygen atoms in total. The summed E-state index contributed by atoms with van der Waals surface area (Å²) in [7, 11) is 2.37. The van der Waals surface area contributed by atoms with E-state index in [4.69, 9.17) is 14.2 Å². The molecule has 3 aromatic rings. The first-order valence-corrected chi connectivity index (χ1v) is 11.5. The van der Waals surface area contributed by atoms with Gasteiger partial charge in [0.1, 0.15) is 29.5 Å². The van der Waals surface area contributed by atoms with Crippen molar-refractivity contribution in [1.82, 2.24) is 13.9 Å². The zero-order valence-corrected chi connectivity index (χ0v) is 19.6. The molecule has 3 rings (SSSR count). The maximum Gasteiger partial charge on any atom is 0.342 e. The molecule has 0 atom stereocenters. The van der Waals surface area contributed by atoms with Crippen LogP contribution in [0.25, 0.3) is 11.0 Å². The molecule has 172 valence electrons. The molecule has 2 aromatic carbocycles. The largest absolute Gasteiger partial charge is 0.497 e. The van der Waals surface area contributed by atoms with E-state index in [1.165, 1.54) is 34.4 Å². The van der Waals surface area contributed by atoms with Crippen LogP contribution in [-0.4, -0.2) is 56.6 Å². The summed E-state index contributed by atoms with van der Waals surface area (Å²) in [6.07, 6.45) is 0.830. The highest BCUT2D eigenvalue weighted by atomic mass is 32.2. The first-order chi connectivity index (χ1) is 15.2. The van der Waals surface area contributed by atoms with Crippen LogP contribution < -0.4 is 9.47 Å². The van der Waals surface area contributed by atoms with Gasteiger partial charge >= 0.3 is 5.97 Å². The van der Waals surface area contributed by atoms with Crippen LogP contribution in [0.5, 0.6) is 11.5 Å². The van der Waals surface area contributed by atoms with E-state index < -0.39 is 16.0 Å². The highest BCUT2D eigenvalue weighted by Gasteiger charge is 2.21. The highest BCUT2D eigenvalue weighted by Crippen LogP contribution is 2.26. The Balaban J connectivity index is 1.91. The molecule has 0 N–H and O–H groups in total. The zero-order chi connectivity index (χ0) is 23.5. The summed E-state index contributed by atoms with van der Waals surface area (Å²) in [6.45, 7) is 2.60. The fourth-order valence-corrected chi connectivity index (χ4v) is 4.21. The molecular weight excluding hydrogens is 434 g/mol. The predicted octanol–water partition coefficient (Wildman–Crippen LogP) is 3.07. The maximum atomic E-state index is 12.7. The average Bonchev–Trinajstić information content (AvgIpc) is 3.13. The van der Waals surface area contributed by atoms with Crippen LogP contribution in [0.15, 0.2) is 41.3 Å². The number of fused-ring (bicyclic) bond motifs is 1. The van der Waals surface area contributed by atoms with E-state index in [2.05, 4.69) is 4.98 Å². The van der Waals surface area contributed by atoms with Gasteiger partial charge in [0.2, 0.25) is 10.0 Å². The summed E-state index contributed by atoms with van der Waals surface area (Å²) < 4.78 is 44.0. The third-order valence-corrected chi connectivity index (χ3v) is 6.80. The highest BCUT2D eigenvalue weighted by molar-refractivity contribution is 7.89. The van der Waals surface area contributed by atoms with Crippen molar-refractivity contribution in [3.8, 4) is 11.5 Å². The van der Waals surface area contributed by atoms with Crippen LogP contribution in [0, 0.1) is 0 Å². The van der Waals surface area contributed by atoms with Crippen molar-refractivity contribution in [3.63, 3.8) is 0 Å². The van der Waals surface area contributed by atoms with E-state index in [1.54, 1.807) is 30.3 Å². The number of carbonyl (C=O) groups excluding carboxylic acids is 1. The SMILES string of the molecule is CCCn1c(COC(=O)c2ccc(OC)cc2OC)nc2cc(S(=O)(=O)N(C)C)ccc21. The van der Waals surface area contributed by atoms with E-state index in [9.17, 15) is 13.2 Å². The predicted molar refractivity (Wildman–Crippen MR) is 120 cm³/mol. The summed E-state index contributed by atoms with van der Waals surface area (Å²) in [5.41, 5.74) is 1.57. The Labute approximate surface area is 187 Å². The van der Waals surface area contributed by atoms with Crippen molar-refractivity contribution < 1.29 is 27.4 Å². The summed E-state index contributed by atoms with van der Waals surface area (Å²) in [5.74, 6) is 0.874. The van der Waals surface area contributed by atoms with Gasteiger partial charge in [0.05, 0.1) is 30.1 Å². The lowest BCUT2D eigenvalue weighted by Crippen LogP contribution is -2.22. The number of hydrogen-bond donors (Lipinski definition) is 0. The summed E-state index contributed by atoms with van der Waals surface area (Å²) in [4.78, 5) is 17.4. The smallest absolute Gasteiger partial charge is 0.342 e. The molecule has 0 unspecified atom stereocenters. The summed E-state index contributed by atoms with van der Waals surface area (Å²) in [5, 5.41) is 0. The number of ether oxygens (including phenoxy) is 3. The van der Waals surface area contributed by atoms with E-state index in [0.717, 1.165) is 16.2 Å². The quantitative estimate of drug-likeness (QED) is 0.452. The Hall–Kier alpha value is -3.11. The second-order valence-electron chi connectivity index (χ2n) is 7.26. The van der Waals surface area contributed by atoms with Gasteiger partial charge in [0, 0.05) is 26.7 Å². The minimum Gasteiger partial charge on any atom is -0.497 e. The average molecular weight is 462 g/mol. The molecule has 0 aliphatic rings. The van der Waals surface area contributed by atoms with Crippen molar-refractivity contribution in [3.05, 3.63) is 47.8 Å². The number of aryl methyl sites for hydroxylation is 1. The lowest BCUT2D eigenvalue weighted by atomic mass is 10.2. The molecular formula is C22H27N3O6S. The van der Waals surface area contributed by atoms with Crippen molar-refractivity contribution in [2.45, 2.75) is 31.4 Å². The molecule has 0 fully saturated rings. The Kier molecular flexibility index (Phi) is 7.05. The number of imidazole rings is 1. The lowest BCUT2D eigenvalue weighted by Gasteiger charge is -2.12. The molecule has 1 heterocycles. The van der Waals surface area contributed by atoms with Crippen LogP contribution in [0.3, 0.4) is 0 Å². The van der Waals surface area contributed by atoms with Crippen molar-refractivity contribution in [2.75, 3.05) is 28.3 Å². The summed E-state index contributed by atoms with van der Waals surface area (Å²) >= 11 is 0. The molecule has 10 heteroatoms. The number of carbonyl (C=O) groups is 1. The number of aromatic nitrogens is 2. The van der Waals surface area contributed by atoms with E-state index in [-0.39, 0.29) is 17.1 Å². The Bertz CT molecular complexity index is 1230. The van der Waals surface area contributed by atoms with Gasteiger partial charge in [-0.2, -0.15) is 0 Å². The number of methoxy groups -OCH3 is 2. The van der Waals surface area contributed by atoms with Gasteiger partial charge in [-0.15, -0.1) is 0 Å². The van der Waals surface area contributed by atoms with Gasteiger partial charge in [-0.3, -0.25) is 0 Å². The molecule has 0 saturated carbocycles. The minimum atomic E-state index is -3.58. The number of esters is 1. The Morgan fingerprint density at radius 2 is 1.84 bits per heavy atom. The molecule has 1 aromatic heterocycles. The molecule has 0 aliphatic heterocycles. The topological polar surface area (TPSA) is 100.0 Å². The fraction of sp³-hybridized carbons (Fsp3) is 0.364. The van der Waals surface area contributed by atoms with Gasteiger partial charge < -0.3 is 18.8 Å². The van der Waals surface area contributed by atoms with Crippen molar-refractivity contribution in [1.29, 1.82) is 0 Å². The molecule has 32 heavy (non-hydrogen) atoms. The van der Waals surface area contributed by atoms with Gasteiger partial charge in [-0.25, -0.2) is 22.5 Å². The van der Waals surface area contributed by atoms with Crippen LogP contribution in [0.4, 0.5) is 0 Å². The third-order valence-electron chi connectivity index (χ3n) is 4.99. The van der Waals surface area contributed by atoms with E-state index >= 15 is 0 Å². The van der Waals surface area contributed by atoms with Gasteiger partial charge in [-0.05, 0) is 36.8 Å². The molecule has 0 spiro atoms. The first-order valence-electron chi connectivity index (χ1n) is 10.0. The summed E-state index contributed by atoms with van der Waals surface area (Å²) in [6, 6.07) is 9.66. The zero-order valence-electron chi connectivity index (χ0n) is 18.8. The van der Waals surface area contributed by atoms with Crippen LogP contribution in [-0.2, 0) is 27.9 Å². The molecule has 0 saturated heterocycles. The number of sulfonamides is 1. The minimum absolute atomic E-state index is 0.0710. The maximum absolute atomic E-state index is 12.7. The number of rotatable bonds is 9. The molecule has 0 amide bonds. The Morgan fingerprint density at radius 3 is 2.47 bits per heavy atom. The monoisotopic (exact) mass is 461 g/mol. The third kappa shape index (κ3) is 4.56. The van der Waals surface area contributed by atoms with Gasteiger partial charge in [0.25, 0.3) is 0 Å². The first kappa shape index (κ1) is 23.6. The van der Waals surface area contributed by atoms with Crippen molar-refractivity contribution >= 4 is 27.0 Å². The number of nitrogens with zero attached hydrogens (tertiary/aromatic N) is 3. The van der Waals surface area contributed by atoms with Crippen molar-refractivity contribution in [2.24, 2.45) is 0 Å². The lowest BCUT2D eigenvalue weighted by molar-refractivity contribution is 0.0455. The van der Waals surface area contributed by atoms with E-state index in [0.29, 0.717) is 29.4 Å². The normalized spacial score (nSPS) is 11.7. The van der Waals surface area contributed by atoms with Crippen LogP contribution >= 0.6 is 0 Å². The van der Waals surface area contributed by atoms with Gasteiger partial charge in [-0.1, -0.05) is 6.92 Å². The molecule has 0 bridgehead atoms. The Morgan fingerprint density at radius 1 is 1.09 bits per heavy atom. The number of hydrogen-bond acceptors (Lipinski definition) is 7. The molecule has 0 aliphatic carbocycles. The fourth-order valence-electron chi connectivity index (χ4n) is 3.29. The second kappa shape index (κ2) is 9.58. The van der Waals surface area contributed by atoms with Gasteiger partial charge in [0.15, 0.2) is 0 Å². The van der Waals surface area contributed by atoms with Crippen LogP contribution in [0.1, 0.15) is 29.5 Å². The second-order valence-corrected chi connectivity index (χ2v) is 9.41.